The summed E-state index contributed by atoms with van der Waals surface area (Å²) in [5.74, 6) is 2.19. The van der Waals surface area contributed by atoms with Crippen molar-refractivity contribution in [3.05, 3.63) is 47.5 Å². The largest absolute Gasteiger partial charge is 0.485 e. The van der Waals surface area contributed by atoms with E-state index in [4.69, 9.17) is 21.7 Å². The molecule has 1 N–H and O–H groups in total. The van der Waals surface area contributed by atoms with Crippen LogP contribution in [0.1, 0.15) is 11.9 Å². The minimum atomic E-state index is -0.275. The summed E-state index contributed by atoms with van der Waals surface area (Å²) in [4.78, 5) is 0. The van der Waals surface area contributed by atoms with Crippen LogP contribution in [0.2, 0.25) is 0 Å². The average molecular weight is 275 g/mol. The molecule has 1 aromatic heterocycles. The van der Waals surface area contributed by atoms with E-state index in [2.05, 4.69) is 16.8 Å². The summed E-state index contributed by atoms with van der Waals surface area (Å²) in [6.07, 6.45) is 1.50. The normalized spacial score (nSPS) is 17.2. The Kier molecular flexibility index (Phi) is 3.08. The van der Waals surface area contributed by atoms with Crippen molar-refractivity contribution >= 4 is 12.2 Å². The Morgan fingerprint density at radius 3 is 3.05 bits per heavy atom. The number of hydrogen-bond donors (Lipinski definition) is 1. The first-order chi connectivity index (χ1) is 9.29. The number of nitrogens with one attached hydrogen (secondary N) is 1. The zero-order valence-electron chi connectivity index (χ0n) is 10.2. The molecule has 0 unspecified atom stereocenters. The lowest BCUT2D eigenvalue weighted by molar-refractivity contribution is 0.0824. The van der Waals surface area contributed by atoms with Crippen molar-refractivity contribution in [1.82, 2.24) is 14.8 Å². The van der Waals surface area contributed by atoms with Gasteiger partial charge in [-0.3, -0.25) is 9.67 Å². The van der Waals surface area contributed by atoms with E-state index in [-0.39, 0.29) is 6.10 Å². The molecule has 0 saturated carbocycles. The summed E-state index contributed by atoms with van der Waals surface area (Å²) in [5.41, 5.74) is 0. The van der Waals surface area contributed by atoms with Gasteiger partial charge in [0.1, 0.15) is 6.61 Å². The van der Waals surface area contributed by atoms with Crippen LogP contribution in [-0.4, -0.2) is 21.4 Å². The van der Waals surface area contributed by atoms with Gasteiger partial charge >= 0.3 is 0 Å². The van der Waals surface area contributed by atoms with Gasteiger partial charge in [-0.05, 0) is 24.4 Å². The van der Waals surface area contributed by atoms with Gasteiger partial charge in [-0.25, -0.2) is 0 Å². The summed E-state index contributed by atoms with van der Waals surface area (Å²) < 4.78 is 14.0. The van der Waals surface area contributed by atoms with E-state index >= 15 is 0 Å². The predicted molar refractivity (Wildman–Crippen MR) is 72.9 cm³/mol. The van der Waals surface area contributed by atoms with Crippen molar-refractivity contribution in [3.8, 4) is 11.5 Å². The number of aromatic amines is 1. The quantitative estimate of drug-likeness (QED) is 0.691. The van der Waals surface area contributed by atoms with E-state index in [9.17, 15) is 0 Å². The predicted octanol–water partition coefficient (Wildman–Crippen LogP) is 2.64. The molecule has 98 valence electrons. The van der Waals surface area contributed by atoms with E-state index < -0.39 is 0 Å². The molecule has 1 aromatic carbocycles. The highest BCUT2D eigenvalue weighted by Gasteiger charge is 2.26. The molecule has 3 rings (SSSR count). The lowest BCUT2D eigenvalue weighted by Gasteiger charge is -2.25. The lowest BCUT2D eigenvalue weighted by atomic mass is 10.2. The molecule has 1 aliphatic rings. The number of fused-ring (bicyclic) bond motifs is 1. The third-order valence-electron chi connectivity index (χ3n) is 2.90. The zero-order valence-corrected chi connectivity index (χ0v) is 11.0. The molecule has 0 aliphatic carbocycles. The summed E-state index contributed by atoms with van der Waals surface area (Å²) in [5, 5.41) is 7.00. The number of para-hydroxylation sites is 2. The molecule has 1 aliphatic heterocycles. The number of benzene rings is 1. The fraction of sp³-hybridized carbons (Fsp3) is 0.231. The third-order valence-corrected chi connectivity index (χ3v) is 3.21. The lowest BCUT2D eigenvalue weighted by Crippen LogP contribution is -2.24. The van der Waals surface area contributed by atoms with Crippen molar-refractivity contribution in [1.29, 1.82) is 0 Å². The Morgan fingerprint density at radius 1 is 1.47 bits per heavy atom. The van der Waals surface area contributed by atoms with Crippen LogP contribution in [0.5, 0.6) is 11.5 Å². The van der Waals surface area contributed by atoms with Crippen molar-refractivity contribution in [2.24, 2.45) is 0 Å². The Labute approximate surface area is 115 Å². The molecule has 5 nitrogen and oxygen atoms in total. The summed E-state index contributed by atoms with van der Waals surface area (Å²) in [6, 6.07) is 7.58. The Balaban J connectivity index is 1.93. The van der Waals surface area contributed by atoms with E-state index in [1.165, 1.54) is 0 Å². The van der Waals surface area contributed by atoms with Crippen LogP contribution < -0.4 is 9.47 Å². The molecular formula is C13H13N3O2S. The SMILES string of the molecule is C=CCn1c([C@H]2COc3ccccc3O2)n[nH]c1=S. The highest BCUT2D eigenvalue weighted by Crippen LogP contribution is 2.35. The number of hydrogen-bond acceptors (Lipinski definition) is 4. The maximum absolute atomic E-state index is 5.91. The van der Waals surface area contributed by atoms with Gasteiger partial charge in [0.25, 0.3) is 0 Å². The van der Waals surface area contributed by atoms with Crippen LogP contribution in [0.3, 0.4) is 0 Å². The topological polar surface area (TPSA) is 52.1 Å². The van der Waals surface area contributed by atoms with Crippen LogP contribution >= 0.6 is 12.2 Å². The number of nitrogens with zero attached hydrogens (tertiary/aromatic N) is 2. The van der Waals surface area contributed by atoms with E-state index in [0.29, 0.717) is 17.9 Å². The molecule has 0 amide bonds. The molecule has 0 spiro atoms. The number of rotatable bonds is 3. The van der Waals surface area contributed by atoms with Crippen molar-refractivity contribution in [2.75, 3.05) is 6.61 Å². The molecule has 0 fully saturated rings. The van der Waals surface area contributed by atoms with E-state index in [1.807, 2.05) is 28.8 Å². The van der Waals surface area contributed by atoms with Crippen molar-refractivity contribution < 1.29 is 9.47 Å². The molecule has 1 atom stereocenters. The minimum Gasteiger partial charge on any atom is -0.485 e. The van der Waals surface area contributed by atoms with E-state index in [1.54, 1.807) is 6.08 Å². The molecule has 2 aromatic rings. The molecule has 0 radical (unpaired) electrons. The van der Waals surface area contributed by atoms with Crippen molar-refractivity contribution in [2.45, 2.75) is 12.6 Å². The fourth-order valence-electron chi connectivity index (χ4n) is 2.03. The Morgan fingerprint density at radius 2 is 2.26 bits per heavy atom. The monoisotopic (exact) mass is 275 g/mol. The Bertz CT molecular complexity index is 662. The standard InChI is InChI=1S/C13H13N3O2S/c1-2-7-16-12(14-15-13(16)19)11-8-17-9-5-3-4-6-10(9)18-11/h2-6,11H,1,7-8H2,(H,15,19)/t11-/m1/s1. The molecule has 0 saturated heterocycles. The van der Waals surface area contributed by atoms with Gasteiger partial charge in [0.05, 0.1) is 0 Å². The number of aromatic nitrogens is 3. The molecular weight excluding hydrogens is 262 g/mol. The first-order valence-electron chi connectivity index (χ1n) is 5.94. The highest BCUT2D eigenvalue weighted by molar-refractivity contribution is 7.71. The molecule has 2 heterocycles. The summed E-state index contributed by atoms with van der Waals surface area (Å²) in [6.45, 7) is 4.72. The van der Waals surface area contributed by atoms with Crippen LogP contribution in [0.15, 0.2) is 36.9 Å². The summed E-state index contributed by atoms with van der Waals surface area (Å²) >= 11 is 5.19. The smallest absolute Gasteiger partial charge is 0.195 e. The van der Waals surface area contributed by atoms with Gasteiger partial charge in [-0.15, -0.1) is 6.58 Å². The van der Waals surface area contributed by atoms with Gasteiger partial charge in [0.2, 0.25) is 0 Å². The first-order valence-corrected chi connectivity index (χ1v) is 6.35. The van der Waals surface area contributed by atoms with Crippen LogP contribution in [0.4, 0.5) is 0 Å². The van der Waals surface area contributed by atoms with Gasteiger partial charge in [0.15, 0.2) is 28.2 Å². The van der Waals surface area contributed by atoms with Gasteiger partial charge in [-0.2, -0.15) is 5.10 Å². The Hall–Kier alpha value is -2.08. The summed E-state index contributed by atoms with van der Waals surface area (Å²) in [7, 11) is 0. The van der Waals surface area contributed by atoms with Crippen LogP contribution in [-0.2, 0) is 6.54 Å². The number of H-pyrrole nitrogens is 1. The highest BCUT2D eigenvalue weighted by atomic mass is 32.1. The third kappa shape index (κ3) is 2.15. The number of allylic oxidation sites excluding steroid dienone is 1. The zero-order chi connectivity index (χ0) is 13.2. The fourth-order valence-corrected chi connectivity index (χ4v) is 2.24. The maximum atomic E-state index is 5.91. The van der Waals surface area contributed by atoms with Gasteiger partial charge < -0.3 is 9.47 Å². The van der Waals surface area contributed by atoms with E-state index in [0.717, 1.165) is 17.3 Å². The minimum absolute atomic E-state index is 0.275. The average Bonchev–Trinajstić information content (AvgIpc) is 2.80. The second kappa shape index (κ2) is 4.89. The molecule has 6 heteroatoms. The van der Waals surface area contributed by atoms with Gasteiger partial charge in [0, 0.05) is 6.54 Å². The van der Waals surface area contributed by atoms with Crippen LogP contribution in [0.25, 0.3) is 0 Å². The second-order valence-electron chi connectivity index (χ2n) is 4.15. The maximum Gasteiger partial charge on any atom is 0.195 e. The first kappa shape index (κ1) is 12.0. The van der Waals surface area contributed by atoms with Gasteiger partial charge in [-0.1, -0.05) is 18.2 Å². The molecule has 0 bridgehead atoms. The molecule has 19 heavy (non-hydrogen) atoms. The second-order valence-corrected chi connectivity index (χ2v) is 4.54. The van der Waals surface area contributed by atoms with Crippen LogP contribution in [0, 0.1) is 4.77 Å². The van der Waals surface area contributed by atoms with Crippen molar-refractivity contribution in [3.63, 3.8) is 0 Å². The number of ether oxygens (including phenoxy) is 2.